The Morgan fingerprint density at radius 2 is 2.05 bits per heavy atom. The lowest BCUT2D eigenvalue weighted by atomic mass is 9.90. The van der Waals surface area contributed by atoms with Gasteiger partial charge in [0.25, 0.3) is 0 Å². The van der Waals surface area contributed by atoms with Crippen molar-refractivity contribution in [1.29, 1.82) is 0 Å². The Balaban J connectivity index is 2.94. The lowest BCUT2D eigenvalue weighted by molar-refractivity contribution is 0.213. The Morgan fingerprint density at radius 1 is 1.47 bits per heavy atom. The Hall–Kier alpha value is -0.630. The number of nitrogens with zero attached hydrogens (tertiary/aromatic N) is 2. The van der Waals surface area contributed by atoms with Gasteiger partial charge in [0.1, 0.15) is 10.0 Å². The van der Waals surface area contributed by atoms with Gasteiger partial charge < -0.3 is 5.11 Å². The van der Waals surface area contributed by atoms with Crippen molar-refractivity contribution in [3.8, 4) is 0 Å². The molecule has 0 spiro atoms. The SMILES string of the molecule is Cc1nn(C)c(Cl)c1S(=O)(=O)NCC(C)(C)CCO. The van der Waals surface area contributed by atoms with Crippen LogP contribution in [-0.2, 0) is 17.1 Å². The predicted octanol–water partition coefficient (Wildman–Crippen LogP) is 1.07. The zero-order valence-corrected chi connectivity index (χ0v) is 13.1. The summed E-state index contributed by atoms with van der Waals surface area (Å²) >= 11 is 5.95. The fraction of sp³-hybridized carbons (Fsp3) is 0.727. The topological polar surface area (TPSA) is 84.2 Å². The number of rotatable bonds is 6. The summed E-state index contributed by atoms with van der Waals surface area (Å²) in [6, 6.07) is 0. The Kier molecular flexibility index (Phi) is 5.00. The highest BCUT2D eigenvalue weighted by molar-refractivity contribution is 7.89. The molecule has 19 heavy (non-hydrogen) atoms. The average molecular weight is 310 g/mol. The Bertz CT molecular complexity index is 552. The van der Waals surface area contributed by atoms with Crippen molar-refractivity contribution in [2.24, 2.45) is 12.5 Å². The van der Waals surface area contributed by atoms with Gasteiger partial charge in [-0.15, -0.1) is 0 Å². The molecule has 0 fully saturated rings. The number of halogens is 1. The molecule has 0 saturated carbocycles. The van der Waals surface area contributed by atoms with Gasteiger partial charge >= 0.3 is 0 Å². The van der Waals surface area contributed by atoms with E-state index in [1.54, 1.807) is 14.0 Å². The number of sulfonamides is 1. The molecule has 0 aliphatic heterocycles. The number of aliphatic hydroxyl groups excluding tert-OH is 1. The molecule has 1 rings (SSSR count). The van der Waals surface area contributed by atoms with Crippen LogP contribution in [0, 0.1) is 12.3 Å². The van der Waals surface area contributed by atoms with Gasteiger partial charge in [-0.05, 0) is 18.8 Å². The van der Waals surface area contributed by atoms with Crippen LogP contribution in [-0.4, -0.2) is 36.5 Å². The first-order chi connectivity index (χ1) is 8.60. The largest absolute Gasteiger partial charge is 0.396 e. The molecule has 6 nitrogen and oxygen atoms in total. The second-order valence-electron chi connectivity index (χ2n) is 5.29. The fourth-order valence-corrected chi connectivity index (χ4v) is 3.66. The van der Waals surface area contributed by atoms with E-state index in [-0.39, 0.29) is 28.6 Å². The predicted molar refractivity (Wildman–Crippen MR) is 73.6 cm³/mol. The highest BCUT2D eigenvalue weighted by Crippen LogP contribution is 2.25. The minimum atomic E-state index is -3.70. The summed E-state index contributed by atoms with van der Waals surface area (Å²) in [7, 11) is -2.11. The van der Waals surface area contributed by atoms with Crippen molar-refractivity contribution in [2.45, 2.75) is 32.1 Å². The molecule has 8 heteroatoms. The highest BCUT2D eigenvalue weighted by atomic mass is 35.5. The van der Waals surface area contributed by atoms with Crippen LogP contribution >= 0.6 is 11.6 Å². The van der Waals surface area contributed by atoms with Crippen LogP contribution in [0.5, 0.6) is 0 Å². The monoisotopic (exact) mass is 309 g/mol. The van der Waals surface area contributed by atoms with Gasteiger partial charge in [-0.2, -0.15) is 5.10 Å². The van der Waals surface area contributed by atoms with Gasteiger partial charge in [-0.3, -0.25) is 4.68 Å². The lowest BCUT2D eigenvalue weighted by Gasteiger charge is -2.23. The third kappa shape index (κ3) is 3.92. The fourth-order valence-electron chi connectivity index (χ4n) is 1.67. The van der Waals surface area contributed by atoms with Crippen LogP contribution in [0.4, 0.5) is 0 Å². The molecule has 110 valence electrons. The Labute approximate surface area is 118 Å². The van der Waals surface area contributed by atoms with E-state index in [0.717, 1.165) is 0 Å². The minimum absolute atomic E-state index is 0.0106. The summed E-state index contributed by atoms with van der Waals surface area (Å²) in [5, 5.41) is 13.0. The van der Waals surface area contributed by atoms with E-state index >= 15 is 0 Å². The summed E-state index contributed by atoms with van der Waals surface area (Å²) in [5.41, 5.74) is 0.0321. The van der Waals surface area contributed by atoms with Crippen LogP contribution in [0.3, 0.4) is 0 Å². The highest BCUT2D eigenvalue weighted by Gasteiger charge is 2.27. The second-order valence-corrected chi connectivity index (χ2v) is 7.35. The molecule has 0 radical (unpaired) electrons. The molecular weight excluding hydrogens is 290 g/mol. The van der Waals surface area contributed by atoms with E-state index in [4.69, 9.17) is 16.7 Å². The second kappa shape index (κ2) is 5.78. The maximum Gasteiger partial charge on any atom is 0.245 e. The van der Waals surface area contributed by atoms with E-state index in [1.807, 2.05) is 13.8 Å². The third-order valence-electron chi connectivity index (χ3n) is 2.90. The van der Waals surface area contributed by atoms with Crippen molar-refractivity contribution >= 4 is 21.6 Å². The normalized spacial score (nSPS) is 12.9. The lowest BCUT2D eigenvalue weighted by Crippen LogP contribution is -2.34. The van der Waals surface area contributed by atoms with Crippen molar-refractivity contribution < 1.29 is 13.5 Å². The van der Waals surface area contributed by atoms with Crippen LogP contribution in [0.1, 0.15) is 26.0 Å². The van der Waals surface area contributed by atoms with E-state index in [0.29, 0.717) is 12.1 Å². The van der Waals surface area contributed by atoms with E-state index in [9.17, 15) is 8.42 Å². The zero-order chi connectivity index (χ0) is 14.8. The molecular formula is C11H20ClN3O3S. The molecule has 1 aromatic rings. The standard InChI is InChI=1S/C11H20ClN3O3S/c1-8-9(10(12)15(4)14-8)19(17,18)13-7-11(2,3)5-6-16/h13,16H,5-7H2,1-4H3. The van der Waals surface area contributed by atoms with Crippen LogP contribution in [0.2, 0.25) is 5.15 Å². The average Bonchev–Trinajstić information content (AvgIpc) is 2.51. The van der Waals surface area contributed by atoms with E-state index in [2.05, 4.69) is 9.82 Å². The van der Waals surface area contributed by atoms with Crippen molar-refractivity contribution in [1.82, 2.24) is 14.5 Å². The summed E-state index contributed by atoms with van der Waals surface area (Å²) in [4.78, 5) is 0.0106. The van der Waals surface area contributed by atoms with Crippen molar-refractivity contribution in [2.75, 3.05) is 13.2 Å². The first-order valence-electron chi connectivity index (χ1n) is 5.90. The molecule has 0 amide bonds. The molecule has 0 aromatic carbocycles. The molecule has 2 N–H and O–H groups in total. The summed E-state index contributed by atoms with van der Waals surface area (Å²) in [6.07, 6.45) is 0.509. The van der Waals surface area contributed by atoms with Gasteiger partial charge in [-0.1, -0.05) is 25.4 Å². The maximum absolute atomic E-state index is 12.2. The zero-order valence-electron chi connectivity index (χ0n) is 11.6. The van der Waals surface area contributed by atoms with Gasteiger partial charge in [0.05, 0.1) is 5.69 Å². The quantitative estimate of drug-likeness (QED) is 0.823. The number of hydrogen-bond acceptors (Lipinski definition) is 4. The molecule has 0 aliphatic rings. The number of nitrogens with one attached hydrogen (secondary N) is 1. The Morgan fingerprint density at radius 3 is 2.47 bits per heavy atom. The molecule has 0 unspecified atom stereocenters. The number of aryl methyl sites for hydroxylation is 2. The smallest absolute Gasteiger partial charge is 0.245 e. The minimum Gasteiger partial charge on any atom is -0.396 e. The summed E-state index contributed by atoms with van der Waals surface area (Å²) in [6.45, 7) is 5.59. The summed E-state index contributed by atoms with van der Waals surface area (Å²) < 4.78 is 28.3. The molecule has 1 aromatic heterocycles. The van der Waals surface area contributed by atoms with Gasteiger partial charge in [0, 0.05) is 20.2 Å². The first kappa shape index (κ1) is 16.4. The number of aliphatic hydroxyl groups is 1. The third-order valence-corrected chi connectivity index (χ3v) is 4.99. The summed E-state index contributed by atoms with van der Waals surface area (Å²) in [5.74, 6) is 0. The number of aromatic nitrogens is 2. The van der Waals surface area contributed by atoms with Crippen LogP contribution in [0.25, 0.3) is 0 Å². The molecule has 0 atom stereocenters. The van der Waals surface area contributed by atoms with Crippen molar-refractivity contribution in [3.63, 3.8) is 0 Å². The molecule has 0 saturated heterocycles. The van der Waals surface area contributed by atoms with Crippen LogP contribution in [0.15, 0.2) is 4.90 Å². The van der Waals surface area contributed by atoms with Crippen molar-refractivity contribution in [3.05, 3.63) is 10.8 Å². The van der Waals surface area contributed by atoms with Gasteiger partial charge in [-0.25, -0.2) is 13.1 Å². The van der Waals surface area contributed by atoms with E-state index in [1.165, 1.54) is 4.68 Å². The van der Waals surface area contributed by atoms with Gasteiger partial charge in [0.2, 0.25) is 10.0 Å². The first-order valence-corrected chi connectivity index (χ1v) is 7.76. The molecule has 1 heterocycles. The molecule has 0 bridgehead atoms. The number of hydrogen-bond donors (Lipinski definition) is 2. The maximum atomic E-state index is 12.2. The van der Waals surface area contributed by atoms with Gasteiger partial charge in [0.15, 0.2) is 0 Å². The van der Waals surface area contributed by atoms with E-state index < -0.39 is 10.0 Å². The van der Waals surface area contributed by atoms with Crippen LogP contribution < -0.4 is 4.72 Å². The molecule has 0 aliphatic carbocycles.